The summed E-state index contributed by atoms with van der Waals surface area (Å²) >= 11 is 3.54. The number of nitrogens with two attached hydrogens (primary N) is 1. The van der Waals surface area contributed by atoms with Gasteiger partial charge in [-0.05, 0) is 23.8 Å². The van der Waals surface area contributed by atoms with E-state index in [-0.39, 0.29) is 5.84 Å². The van der Waals surface area contributed by atoms with E-state index in [1.807, 2.05) is 36.2 Å². The Labute approximate surface area is 120 Å². The number of pyridine rings is 1. The summed E-state index contributed by atoms with van der Waals surface area (Å²) in [6.07, 6.45) is 1.62. The van der Waals surface area contributed by atoms with Gasteiger partial charge in [0.25, 0.3) is 0 Å². The van der Waals surface area contributed by atoms with E-state index in [1.165, 1.54) is 5.56 Å². The van der Waals surface area contributed by atoms with Gasteiger partial charge in [-0.3, -0.25) is 5.41 Å². The van der Waals surface area contributed by atoms with Gasteiger partial charge in [0.2, 0.25) is 0 Å². The zero-order valence-corrected chi connectivity index (χ0v) is 12.2. The predicted molar refractivity (Wildman–Crippen MR) is 81.5 cm³/mol. The Bertz CT molecular complexity index is 580. The molecule has 0 bridgehead atoms. The number of aromatic nitrogens is 1. The number of nitrogens with zero attached hydrogens (tertiary/aromatic N) is 2. The van der Waals surface area contributed by atoms with Crippen molar-refractivity contribution in [3.8, 4) is 0 Å². The van der Waals surface area contributed by atoms with Crippen LogP contribution < -0.4 is 10.6 Å². The summed E-state index contributed by atoms with van der Waals surface area (Å²) < 4.78 is 1.09. The molecule has 1 heterocycles. The molecular formula is C14H15BrN4. The lowest BCUT2D eigenvalue weighted by molar-refractivity contribution is 0.894. The lowest BCUT2D eigenvalue weighted by Crippen LogP contribution is -2.18. The second-order valence-electron chi connectivity index (χ2n) is 4.27. The fourth-order valence-corrected chi connectivity index (χ4v) is 2.14. The third-order valence-electron chi connectivity index (χ3n) is 2.82. The van der Waals surface area contributed by atoms with E-state index in [0.29, 0.717) is 5.56 Å². The number of rotatable bonds is 4. The first kappa shape index (κ1) is 13.5. The largest absolute Gasteiger partial charge is 0.384 e. The molecule has 0 spiro atoms. The highest BCUT2D eigenvalue weighted by atomic mass is 79.9. The molecule has 1 aromatic heterocycles. The number of nitrogen functional groups attached to an aromatic ring is 1. The average molecular weight is 319 g/mol. The third kappa shape index (κ3) is 3.32. The van der Waals surface area contributed by atoms with E-state index >= 15 is 0 Å². The minimum Gasteiger partial charge on any atom is -0.384 e. The molecule has 5 heteroatoms. The van der Waals surface area contributed by atoms with Crippen molar-refractivity contribution in [2.75, 3.05) is 11.9 Å². The van der Waals surface area contributed by atoms with Crippen molar-refractivity contribution in [3.05, 3.63) is 58.2 Å². The van der Waals surface area contributed by atoms with Crippen molar-refractivity contribution in [2.24, 2.45) is 5.73 Å². The van der Waals surface area contributed by atoms with E-state index < -0.39 is 0 Å². The van der Waals surface area contributed by atoms with Gasteiger partial charge < -0.3 is 10.6 Å². The van der Waals surface area contributed by atoms with Gasteiger partial charge in [-0.15, -0.1) is 0 Å². The molecule has 0 unspecified atom stereocenters. The third-order valence-corrected chi connectivity index (χ3v) is 3.59. The lowest BCUT2D eigenvalue weighted by atomic mass is 10.2. The Balaban J connectivity index is 2.14. The van der Waals surface area contributed by atoms with Crippen LogP contribution >= 0.6 is 15.9 Å². The van der Waals surface area contributed by atoms with Crippen LogP contribution in [0.1, 0.15) is 11.1 Å². The van der Waals surface area contributed by atoms with E-state index in [1.54, 1.807) is 12.3 Å². The molecule has 0 radical (unpaired) electrons. The molecule has 0 atom stereocenters. The molecular weight excluding hydrogens is 304 g/mol. The zero-order chi connectivity index (χ0) is 13.8. The quantitative estimate of drug-likeness (QED) is 0.673. The van der Waals surface area contributed by atoms with Gasteiger partial charge in [-0.25, -0.2) is 4.98 Å². The summed E-state index contributed by atoms with van der Waals surface area (Å²) in [7, 11) is 1.98. The SMILES string of the molecule is CN(Cc1ccccc1Br)c1ccc(C(=N)N)cn1. The van der Waals surface area contributed by atoms with Gasteiger partial charge in [-0.2, -0.15) is 0 Å². The highest BCUT2D eigenvalue weighted by Crippen LogP contribution is 2.19. The van der Waals surface area contributed by atoms with Crippen LogP contribution in [0.15, 0.2) is 47.1 Å². The summed E-state index contributed by atoms with van der Waals surface area (Å²) in [6.45, 7) is 0.758. The second kappa shape index (κ2) is 5.84. The van der Waals surface area contributed by atoms with Crippen molar-refractivity contribution in [1.82, 2.24) is 4.98 Å². The maximum atomic E-state index is 7.34. The molecule has 98 valence electrons. The van der Waals surface area contributed by atoms with E-state index in [9.17, 15) is 0 Å². The van der Waals surface area contributed by atoms with Gasteiger partial charge in [0, 0.05) is 29.8 Å². The number of hydrogen-bond acceptors (Lipinski definition) is 3. The van der Waals surface area contributed by atoms with Crippen LogP contribution in [0.5, 0.6) is 0 Å². The summed E-state index contributed by atoms with van der Waals surface area (Å²) in [5.74, 6) is 0.883. The standard InChI is InChI=1S/C14H15BrN4/c1-19(9-11-4-2-3-5-12(11)15)13-7-6-10(8-18-13)14(16)17/h2-8H,9H2,1H3,(H3,16,17). The molecule has 2 rings (SSSR count). The summed E-state index contributed by atoms with van der Waals surface area (Å²) in [5, 5.41) is 7.34. The van der Waals surface area contributed by atoms with Gasteiger partial charge in [-0.1, -0.05) is 34.1 Å². The average Bonchev–Trinajstić information content (AvgIpc) is 2.41. The number of halogens is 1. The van der Waals surface area contributed by atoms with Crippen molar-refractivity contribution in [3.63, 3.8) is 0 Å². The molecule has 19 heavy (non-hydrogen) atoms. The number of hydrogen-bond donors (Lipinski definition) is 2. The maximum Gasteiger partial charge on any atom is 0.128 e. The van der Waals surface area contributed by atoms with E-state index in [0.717, 1.165) is 16.8 Å². The number of amidine groups is 1. The summed E-state index contributed by atoms with van der Waals surface area (Å²) in [5.41, 5.74) is 7.24. The number of nitrogens with one attached hydrogen (secondary N) is 1. The fourth-order valence-electron chi connectivity index (χ4n) is 1.73. The second-order valence-corrected chi connectivity index (χ2v) is 5.12. The Morgan fingerprint density at radius 2 is 2.05 bits per heavy atom. The molecule has 4 nitrogen and oxygen atoms in total. The van der Waals surface area contributed by atoms with Gasteiger partial charge in [0.05, 0.1) is 0 Å². The van der Waals surface area contributed by atoms with Gasteiger partial charge >= 0.3 is 0 Å². The van der Waals surface area contributed by atoms with Crippen LogP contribution in [-0.4, -0.2) is 17.9 Å². The van der Waals surface area contributed by atoms with Crippen LogP contribution in [0.4, 0.5) is 5.82 Å². The van der Waals surface area contributed by atoms with Gasteiger partial charge in [0.1, 0.15) is 11.7 Å². The molecule has 2 aromatic rings. The van der Waals surface area contributed by atoms with Crippen LogP contribution in [0, 0.1) is 5.41 Å². The first-order valence-corrected chi connectivity index (χ1v) is 6.62. The molecule has 0 aliphatic carbocycles. The molecule has 3 N–H and O–H groups in total. The monoisotopic (exact) mass is 318 g/mol. The van der Waals surface area contributed by atoms with Crippen molar-refractivity contribution < 1.29 is 0 Å². The minimum absolute atomic E-state index is 0.0347. The van der Waals surface area contributed by atoms with Crippen molar-refractivity contribution in [2.45, 2.75) is 6.54 Å². The Hall–Kier alpha value is -1.88. The number of anilines is 1. The minimum atomic E-state index is 0.0347. The molecule has 1 aromatic carbocycles. The number of benzene rings is 1. The highest BCUT2D eigenvalue weighted by Gasteiger charge is 2.06. The molecule has 0 aliphatic rings. The fraction of sp³-hybridized carbons (Fsp3) is 0.143. The molecule has 0 saturated heterocycles. The van der Waals surface area contributed by atoms with E-state index in [2.05, 4.69) is 27.0 Å². The van der Waals surface area contributed by atoms with Crippen molar-refractivity contribution >= 4 is 27.6 Å². The summed E-state index contributed by atoms with van der Waals surface area (Å²) in [4.78, 5) is 6.36. The van der Waals surface area contributed by atoms with Gasteiger partial charge in [0.15, 0.2) is 0 Å². The molecule has 0 amide bonds. The highest BCUT2D eigenvalue weighted by molar-refractivity contribution is 9.10. The van der Waals surface area contributed by atoms with Crippen molar-refractivity contribution in [1.29, 1.82) is 5.41 Å². The van der Waals surface area contributed by atoms with Crippen LogP contribution in [0.25, 0.3) is 0 Å². The van der Waals surface area contributed by atoms with Crippen LogP contribution in [-0.2, 0) is 6.54 Å². The summed E-state index contributed by atoms with van der Waals surface area (Å²) in [6, 6.07) is 11.8. The Kier molecular flexibility index (Phi) is 4.16. The topological polar surface area (TPSA) is 66.0 Å². The zero-order valence-electron chi connectivity index (χ0n) is 10.6. The van der Waals surface area contributed by atoms with Crippen LogP contribution in [0.3, 0.4) is 0 Å². The predicted octanol–water partition coefficient (Wildman–Crippen LogP) is 2.76. The lowest BCUT2D eigenvalue weighted by Gasteiger charge is -2.19. The molecule has 0 fully saturated rings. The first-order valence-electron chi connectivity index (χ1n) is 5.83. The normalized spacial score (nSPS) is 10.2. The van der Waals surface area contributed by atoms with Crippen LogP contribution in [0.2, 0.25) is 0 Å². The molecule has 0 aliphatic heterocycles. The first-order chi connectivity index (χ1) is 9.08. The molecule has 0 saturated carbocycles. The Morgan fingerprint density at radius 3 is 2.63 bits per heavy atom. The maximum absolute atomic E-state index is 7.34. The Morgan fingerprint density at radius 1 is 1.32 bits per heavy atom. The smallest absolute Gasteiger partial charge is 0.128 e. The van der Waals surface area contributed by atoms with E-state index in [4.69, 9.17) is 11.1 Å².